The molecule has 19 heavy (non-hydrogen) atoms. The summed E-state index contributed by atoms with van der Waals surface area (Å²) in [6.45, 7) is 4.31. The molecule has 0 spiro atoms. The van der Waals surface area contributed by atoms with Crippen molar-refractivity contribution in [2.24, 2.45) is 5.92 Å². The third kappa shape index (κ3) is 3.15. The second kappa shape index (κ2) is 5.89. The number of aliphatic hydroxyl groups excluding tert-OH is 1. The van der Waals surface area contributed by atoms with E-state index in [9.17, 15) is 4.79 Å². The number of nitrogens with one attached hydrogen (secondary N) is 2. The average Bonchev–Trinajstić information content (AvgIpc) is 2.38. The lowest BCUT2D eigenvalue weighted by atomic mass is 10.0. The molecule has 1 heterocycles. The van der Waals surface area contributed by atoms with Crippen molar-refractivity contribution in [1.29, 1.82) is 0 Å². The lowest BCUT2D eigenvalue weighted by molar-refractivity contribution is 0.267. The van der Waals surface area contributed by atoms with E-state index in [0.29, 0.717) is 23.5 Å². The molecule has 2 rings (SSSR count). The van der Waals surface area contributed by atoms with E-state index in [1.807, 2.05) is 30.3 Å². The van der Waals surface area contributed by atoms with Crippen LogP contribution in [0.1, 0.15) is 20.3 Å². The first-order chi connectivity index (χ1) is 9.11. The van der Waals surface area contributed by atoms with Crippen LogP contribution >= 0.6 is 0 Å². The highest BCUT2D eigenvalue weighted by Crippen LogP contribution is 2.16. The van der Waals surface area contributed by atoms with Gasteiger partial charge in [-0.1, -0.05) is 32.0 Å². The van der Waals surface area contributed by atoms with E-state index >= 15 is 0 Å². The minimum Gasteiger partial charge on any atom is -0.396 e. The monoisotopic (exact) mass is 260 g/mol. The Balaban J connectivity index is 2.32. The summed E-state index contributed by atoms with van der Waals surface area (Å²) in [5.41, 5.74) is -0.0906. The first kappa shape index (κ1) is 13.6. The number of H-pyrrole nitrogens is 1. The molecular formula is C15H20N2O2. The van der Waals surface area contributed by atoms with Gasteiger partial charge in [0.2, 0.25) is 0 Å². The van der Waals surface area contributed by atoms with Gasteiger partial charge in [0.1, 0.15) is 5.82 Å². The zero-order valence-corrected chi connectivity index (χ0v) is 11.3. The molecule has 0 aliphatic carbocycles. The Kier molecular flexibility index (Phi) is 4.22. The maximum absolute atomic E-state index is 12.0. The SMILES string of the molecule is CC(C)C(CCO)Nc1cc2ccccc2c(=O)[nH]1. The van der Waals surface area contributed by atoms with E-state index in [1.54, 1.807) is 0 Å². The second-order valence-corrected chi connectivity index (χ2v) is 5.11. The Bertz CT molecular complexity index is 604. The van der Waals surface area contributed by atoms with Crippen LogP contribution in [0.3, 0.4) is 0 Å². The third-order valence-corrected chi connectivity index (χ3v) is 3.34. The van der Waals surface area contributed by atoms with Gasteiger partial charge in [0.15, 0.2) is 0 Å². The van der Waals surface area contributed by atoms with Gasteiger partial charge in [0.25, 0.3) is 5.56 Å². The molecular weight excluding hydrogens is 240 g/mol. The summed E-state index contributed by atoms with van der Waals surface area (Å²) in [5, 5.41) is 14.0. The summed E-state index contributed by atoms with van der Waals surface area (Å²) < 4.78 is 0. The molecule has 1 unspecified atom stereocenters. The quantitative estimate of drug-likeness (QED) is 0.773. The summed E-state index contributed by atoms with van der Waals surface area (Å²) in [6, 6.07) is 9.58. The fourth-order valence-electron chi connectivity index (χ4n) is 2.20. The highest BCUT2D eigenvalue weighted by molar-refractivity contribution is 5.83. The minimum atomic E-state index is -0.0906. The van der Waals surface area contributed by atoms with Crippen LogP contribution in [0.2, 0.25) is 0 Å². The van der Waals surface area contributed by atoms with Gasteiger partial charge >= 0.3 is 0 Å². The summed E-state index contributed by atoms with van der Waals surface area (Å²) >= 11 is 0. The minimum absolute atomic E-state index is 0.0906. The van der Waals surface area contributed by atoms with Crippen LogP contribution in [0.4, 0.5) is 5.82 Å². The molecule has 0 amide bonds. The maximum Gasteiger partial charge on any atom is 0.257 e. The topological polar surface area (TPSA) is 65.1 Å². The molecule has 0 bridgehead atoms. The number of hydrogen-bond acceptors (Lipinski definition) is 3. The van der Waals surface area contributed by atoms with Gasteiger partial charge in [0, 0.05) is 18.0 Å². The number of aromatic amines is 1. The lowest BCUT2D eigenvalue weighted by Crippen LogP contribution is -2.28. The Labute approximate surface area is 112 Å². The van der Waals surface area contributed by atoms with Crippen LogP contribution in [0, 0.1) is 5.92 Å². The Morgan fingerprint density at radius 2 is 2.05 bits per heavy atom. The van der Waals surface area contributed by atoms with Gasteiger partial charge in [-0.25, -0.2) is 0 Å². The van der Waals surface area contributed by atoms with Crippen molar-refractivity contribution in [2.45, 2.75) is 26.3 Å². The number of aliphatic hydroxyl groups is 1. The highest BCUT2D eigenvalue weighted by Gasteiger charge is 2.13. The molecule has 102 valence electrons. The lowest BCUT2D eigenvalue weighted by Gasteiger charge is -2.22. The highest BCUT2D eigenvalue weighted by atomic mass is 16.3. The van der Waals surface area contributed by atoms with Crippen LogP contribution in [0.5, 0.6) is 0 Å². The first-order valence-corrected chi connectivity index (χ1v) is 6.61. The van der Waals surface area contributed by atoms with Crippen LogP contribution in [0.25, 0.3) is 10.8 Å². The van der Waals surface area contributed by atoms with Crippen LogP contribution in [-0.2, 0) is 0 Å². The zero-order chi connectivity index (χ0) is 13.8. The van der Waals surface area contributed by atoms with Gasteiger partial charge in [0.05, 0.1) is 0 Å². The molecule has 4 heteroatoms. The molecule has 3 N–H and O–H groups in total. The molecule has 0 aliphatic rings. The number of anilines is 1. The fraction of sp³-hybridized carbons (Fsp3) is 0.400. The first-order valence-electron chi connectivity index (χ1n) is 6.61. The Morgan fingerprint density at radius 3 is 2.74 bits per heavy atom. The summed E-state index contributed by atoms with van der Waals surface area (Å²) in [6.07, 6.45) is 0.659. The van der Waals surface area contributed by atoms with E-state index in [1.165, 1.54) is 0 Å². The molecule has 0 radical (unpaired) electrons. The summed E-state index contributed by atoms with van der Waals surface area (Å²) in [4.78, 5) is 14.8. The van der Waals surface area contributed by atoms with Gasteiger partial charge < -0.3 is 15.4 Å². The number of rotatable bonds is 5. The van der Waals surface area contributed by atoms with Gasteiger partial charge in [-0.3, -0.25) is 4.79 Å². The molecule has 0 saturated carbocycles. The molecule has 4 nitrogen and oxygen atoms in total. The fourth-order valence-corrected chi connectivity index (χ4v) is 2.20. The Morgan fingerprint density at radius 1 is 1.32 bits per heavy atom. The largest absolute Gasteiger partial charge is 0.396 e. The third-order valence-electron chi connectivity index (χ3n) is 3.34. The van der Waals surface area contributed by atoms with Crippen LogP contribution in [-0.4, -0.2) is 22.7 Å². The van der Waals surface area contributed by atoms with E-state index in [0.717, 1.165) is 5.39 Å². The predicted octanol–water partition coefficient (Wildman–Crippen LogP) is 2.35. The van der Waals surface area contributed by atoms with Gasteiger partial charge in [-0.05, 0) is 29.9 Å². The molecule has 1 aromatic heterocycles. The van der Waals surface area contributed by atoms with Crippen molar-refractivity contribution in [3.8, 4) is 0 Å². The summed E-state index contributed by atoms with van der Waals surface area (Å²) in [5.74, 6) is 1.08. The molecule has 0 fully saturated rings. The van der Waals surface area contributed by atoms with E-state index in [2.05, 4.69) is 24.1 Å². The van der Waals surface area contributed by atoms with Crippen molar-refractivity contribution in [3.05, 3.63) is 40.7 Å². The number of pyridine rings is 1. The second-order valence-electron chi connectivity index (χ2n) is 5.11. The smallest absolute Gasteiger partial charge is 0.257 e. The van der Waals surface area contributed by atoms with Gasteiger partial charge in [-0.15, -0.1) is 0 Å². The molecule has 1 atom stereocenters. The molecule has 0 saturated heterocycles. The van der Waals surface area contributed by atoms with Crippen molar-refractivity contribution in [1.82, 2.24) is 4.98 Å². The van der Waals surface area contributed by atoms with Crippen molar-refractivity contribution in [3.63, 3.8) is 0 Å². The number of hydrogen-bond donors (Lipinski definition) is 3. The van der Waals surface area contributed by atoms with E-state index in [4.69, 9.17) is 5.11 Å². The number of fused-ring (bicyclic) bond motifs is 1. The standard InChI is InChI=1S/C15H20N2O2/c1-10(2)13(7-8-18)16-14-9-11-5-3-4-6-12(11)15(19)17-14/h3-6,9-10,13,18H,7-8H2,1-2H3,(H2,16,17,19). The van der Waals surface area contributed by atoms with E-state index < -0.39 is 0 Å². The molecule has 0 aliphatic heterocycles. The van der Waals surface area contributed by atoms with E-state index in [-0.39, 0.29) is 18.2 Å². The Hall–Kier alpha value is -1.81. The van der Waals surface area contributed by atoms with Crippen molar-refractivity contribution < 1.29 is 5.11 Å². The van der Waals surface area contributed by atoms with Crippen LogP contribution < -0.4 is 10.9 Å². The maximum atomic E-state index is 12.0. The van der Waals surface area contributed by atoms with Crippen molar-refractivity contribution >= 4 is 16.6 Å². The molecule has 1 aromatic carbocycles. The van der Waals surface area contributed by atoms with Crippen molar-refractivity contribution in [2.75, 3.05) is 11.9 Å². The average molecular weight is 260 g/mol. The zero-order valence-electron chi connectivity index (χ0n) is 11.3. The van der Waals surface area contributed by atoms with Crippen LogP contribution in [0.15, 0.2) is 35.1 Å². The molecule has 2 aromatic rings. The number of benzene rings is 1. The predicted molar refractivity (Wildman–Crippen MR) is 78.5 cm³/mol. The normalized spacial score (nSPS) is 12.8. The summed E-state index contributed by atoms with van der Waals surface area (Å²) in [7, 11) is 0. The number of aromatic nitrogens is 1. The van der Waals surface area contributed by atoms with Gasteiger partial charge in [-0.2, -0.15) is 0 Å².